The summed E-state index contributed by atoms with van der Waals surface area (Å²) in [7, 11) is 0. The van der Waals surface area contributed by atoms with E-state index in [2.05, 4.69) is 91.0 Å². The standard InChI is InChI=1S/C40H27ClN2/c41-39-35(29-15-7-2-8-16-29)26-25-34(28-13-5-1-6-14-28)38(39)32-23-21-31(22-24-32)37-27-36(30-17-9-3-10-18-30)42-40(43-37)33-19-11-4-12-20-33/h1-27H. The van der Waals surface area contributed by atoms with Gasteiger partial charge in [0.05, 0.1) is 16.4 Å². The second-order valence-electron chi connectivity index (χ2n) is 10.4. The summed E-state index contributed by atoms with van der Waals surface area (Å²) in [6.07, 6.45) is 0. The maximum absolute atomic E-state index is 7.25. The topological polar surface area (TPSA) is 25.8 Å². The Bertz CT molecular complexity index is 1930. The first kappa shape index (κ1) is 26.6. The first-order valence-electron chi connectivity index (χ1n) is 14.3. The lowest BCUT2D eigenvalue weighted by Crippen LogP contribution is -1.96. The summed E-state index contributed by atoms with van der Waals surface area (Å²) >= 11 is 7.25. The van der Waals surface area contributed by atoms with Gasteiger partial charge in [-0.15, -0.1) is 0 Å². The summed E-state index contributed by atoms with van der Waals surface area (Å²) in [6.45, 7) is 0. The minimum Gasteiger partial charge on any atom is -0.228 e. The van der Waals surface area contributed by atoms with Crippen molar-refractivity contribution >= 4 is 11.6 Å². The fourth-order valence-corrected chi connectivity index (χ4v) is 5.82. The van der Waals surface area contributed by atoms with Crippen molar-refractivity contribution in [1.82, 2.24) is 9.97 Å². The Kier molecular flexibility index (Phi) is 7.35. The molecule has 0 fully saturated rings. The van der Waals surface area contributed by atoms with Gasteiger partial charge in [0, 0.05) is 27.8 Å². The fraction of sp³-hybridized carbons (Fsp3) is 0. The number of aromatic nitrogens is 2. The van der Waals surface area contributed by atoms with E-state index in [0.29, 0.717) is 5.82 Å². The molecule has 0 spiro atoms. The molecule has 0 saturated heterocycles. The molecular weight excluding hydrogens is 544 g/mol. The lowest BCUT2D eigenvalue weighted by molar-refractivity contribution is 1.18. The molecule has 7 rings (SSSR count). The lowest BCUT2D eigenvalue weighted by Gasteiger charge is -2.17. The molecule has 0 N–H and O–H groups in total. The largest absolute Gasteiger partial charge is 0.228 e. The van der Waals surface area contributed by atoms with Crippen molar-refractivity contribution in [2.45, 2.75) is 0 Å². The molecule has 0 aliphatic carbocycles. The van der Waals surface area contributed by atoms with Crippen molar-refractivity contribution in [3.8, 4) is 67.3 Å². The molecule has 0 radical (unpaired) electrons. The Balaban J connectivity index is 1.35. The summed E-state index contributed by atoms with van der Waals surface area (Å²) in [5, 5.41) is 0.736. The van der Waals surface area contributed by atoms with Gasteiger partial charge in [-0.3, -0.25) is 0 Å². The van der Waals surface area contributed by atoms with Crippen LogP contribution in [0.1, 0.15) is 0 Å². The Labute approximate surface area is 257 Å². The Hall–Kier alpha value is -5.31. The van der Waals surface area contributed by atoms with Crippen LogP contribution in [0.5, 0.6) is 0 Å². The molecule has 0 atom stereocenters. The molecule has 1 aromatic heterocycles. The Morgan fingerprint density at radius 1 is 0.349 bits per heavy atom. The van der Waals surface area contributed by atoms with E-state index in [9.17, 15) is 0 Å². The average Bonchev–Trinajstić information content (AvgIpc) is 3.09. The van der Waals surface area contributed by atoms with E-state index in [-0.39, 0.29) is 0 Å². The molecule has 204 valence electrons. The van der Waals surface area contributed by atoms with Crippen LogP contribution in [0.4, 0.5) is 0 Å². The van der Waals surface area contributed by atoms with E-state index in [1.807, 2.05) is 72.8 Å². The summed E-state index contributed by atoms with van der Waals surface area (Å²) in [5.41, 5.74) is 11.2. The van der Waals surface area contributed by atoms with E-state index in [4.69, 9.17) is 21.6 Å². The van der Waals surface area contributed by atoms with Crippen LogP contribution in [0.3, 0.4) is 0 Å². The minimum absolute atomic E-state index is 0.700. The van der Waals surface area contributed by atoms with Gasteiger partial charge in [0.15, 0.2) is 5.82 Å². The molecule has 0 aliphatic heterocycles. The van der Waals surface area contributed by atoms with Gasteiger partial charge in [-0.25, -0.2) is 9.97 Å². The second-order valence-corrected chi connectivity index (χ2v) is 10.7. The maximum Gasteiger partial charge on any atom is 0.160 e. The van der Waals surface area contributed by atoms with Gasteiger partial charge in [-0.05, 0) is 28.3 Å². The molecule has 2 nitrogen and oxygen atoms in total. The quantitative estimate of drug-likeness (QED) is 0.199. The molecule has 0 amide bonds. The third-order valence-corrected chi connectivity index (χ3v) is 8.00. The molecule has 0 bridgehead atoms. The van der Waals surface area contributed by atoms with Crippen LogP contribution in [-0.4, -0.2) is 9.97 Å². The lowest BCUT2D eigenvalue weighted by atomic mass is 9.90. The van der Waals surface area contributed by atoms with Crippen molar-refractivity contribution in [1.29, 1.82) is 0 Å². The van der Waals surface area contributed by atoms with Crippen LogP contribution in [0.25, 0.3) is 67.3 Å². The van der Waals surface area contributed by atoms with Crippen molar-refractivity contribution < 1.29 is 0 Å². The zero-order valence-corrected chi connectivity index (χ0v) is 24.1. The Morgan fingerprint density at radius 2 is 0.744 bits per heavy atom. The summed E-state index contributed by atoms with van der Waals surface area (Å²) < 4.78 is 0. The highest BCUT2D eigenvalue weighted by Gasteiger charge is 2.17. The zero-order chi connectivity index (χ0) is 29.0. The van der Waals surface area contributed by atoms with Gasteiger partial charge in [0.1, 0.15) is 0 Å². The fourth-order valence-electron chi connectivity index (χ4n) is 5.43. The highest BCUT2D eigenvalue weighted by molar-refractivity contribution is 6.37. The number of rotatable bonds is 6. The molecule has 0 saturated carbocycles. The van der Waals surface area contributed by atoms with Gasteiger partial charge in [-0.1, -0.05) is 169 Å². The molecule has 1 heterocycles. The van der Waals surface area contributed by atoms with Gasteiger partial charge in [0.25, 0.3) is 0 Å². The number of halogens is 1. The van der Waals surface area contributed by atoms with Crippen molar-refractivity contribution in [3.05, 3.63) is 169 Å². The van der Waals surface area contributed by atoms with E-state index in [0.717, 1.165) is 66.5 Å². The van der Waals surface area contributed by atoms with E-state index >= 15 is 0 Å². The third kappa shape index (κ3) is 5.49. The van der Waals surface area contributed by atoms with Crippen LogP contribution in [0, 0.1) is 0 Å². The SMILES string of the molecule is Clc1c(-c2ccccc2)ccc(-c2ccccc2)c1-c1ccc(-c2cc(-c3ccccc3)nc(-c3ccccc3)n2)cc1. The van der Waals surface area contributed by atoms with E-state index in [1.165, 1.54) is 0 Å². The summed E-state index contributed by atoms with van der Waals surface area (Å²) in [5.74, 6) is 0.700. The monoisotopic (exact) mass is 570 g/mol. The summed E-state index contributed by atoms with van der Waals surface area (Å²) in [4.78, 5) is 9.93. The van der Waals surface area contributed by atoms with Crippen LogP contribution < -0.4 is 0 Å². The summed E-state index contributed by atoms with van der Waals surface area (Å²) in [6, 6.07) is 56.0. The van der Waals surface area contributed by atoms with Gasteiger partial charge in [0.2, 0.25) is 0 Å². The van der Waals surface area contributed by atoms with Crippen LogP contribution >= 0.6 is 11.6 Å². The molecule has 3 heteroatoms. The van der Waals surface area contributed by atoms with Crippen molar-refractivity contribution in [3.63, 3.8) is 0 Å². The number of nitrogens with zero attached hydrogens (tertiary/aromatic N) is 2. The van der Waals surface area contributed by atoms with E-state index < -0.39 is 0 Å². The van der Waals surface area contributed by atoms with Crippen LogP contribution in [0.2, 0.25) is 5.02 Å². The number of benzene rings is 6. The highest BCUT2D eigenvalue weighted by atomic mass is 35.5. The second kappa shape index (κ2) is 11.9. The third-order valence-electron chi connectivity index (χ3n) is 7.61. The Morgan fingerprint density at radius 3 is 1.28 bits per heavy atom. The first-order chi connectivity index (χ1) is 21.2. The van der Waals surface area contributed by atoms with E-state index in [1.54, 1.807) is 0 Å². The molecular formula is C40H27ClN2. The smallest absolute Gasteiger partial charge is 0.160 e. The normalized spacial score (nSPS) is 10.9. The predicted molar refractivity (Wildman–Crippen MR) is 180 cm³/mol. The molecule has 7 aromatic rings. The van der Waals surface area contributed by atoms with Crippen LogP contribution in [0.15, 0.2) is 164 Å². The highest BCUT2D eigenvalue weighted by Crippen LogP contribution is 2.43. The van der Waals surface area contributed by atoms with Gasteiger partial charge in [-0.2, -0.15) is 0 Å². The minimum atomic E-state index is 0.700. The molecule has 0 unspecified atom stereocenters. The van der Waals surface area contributed by atoms with Crippen molar-refractivity contribution in [2.75, 3.05) is 0 Å². The number of hydrogen-bond acceptors (Lipinski definition) is 2. The average molecular weight is 571 g/mol. The van der Waals surface area contributed by atoms with Gasteiger partial charge < -0.3 is 0 Å². The number of hydrogen-bond donors (Lipinski definition) is 0. The maximum atomic E-state index is 7.25. The molecule has 0 aliphatic rings. The molecule has 6 aromatic carbocycles. The molecule has 43 heavy (non-hydrogen) atoms. The van der Waals surface area contributed by atoms with Crippen LogP contribution in [-0.2, 0) is 0 Å². The predicted octanol–water partition coefficient (Wildman–Crippen LogP) is 11.1. The first-order valence-corrected chi connectivity index (χ1v) is 14.7. The van der Waals surface area contributed by atoms with Gasteiger partial charge >= 0.3 is 0 Å². The van der Waals surface area contributed by atoms with Crippen molar-refractivity contribution in [2.24, 2.45) is 0 Å². The zero-order valence-electron chi connectivity index (χ0n) is 23.4.